The first-order chi connectivity index (χ1) is 8.83. The first kappa shape index (κ1) is 16.0. The normalized spacial score (nSPS) is 11.4. The third-order valence-electron chi connectivity index (χ3n) is 3.11. The van der Waals surface area contributed by atoms with Crippen LogP contribution in [0.1, 0.15) is 26.7 Å². The standard InChI is InChI=1S/C12H16Cl2N2O3/c1-3-12(15,4-2)7-19-11-9(13)5-8(16(17)18)6-10(11)14/h5-6H,3-4,7,15H2,1-2H3. The molecule has 7 heteroatoms. The van der Waals surface area contributed by atoms with Gasteiger partial charge in [-0.15, -0.1) is 0 Å². The van der Waals surface area contributed by atoms with Crippen LogP contribution in [0.25, 0.3) is 0 Å². The van der Waals surface area contributed by atoms with Gasteiger partial charge in [0, 0.05) is 17.7 Å². The fourth-order valence-corrected chi connectivity index (χ4v) is 2.04. The minimum Gasteiger partial charge on any atom is -0.489 e. The Balaban J connectivity index is 2.94. The third kappa shape index (κ3) is 3.96. The van der Waals surface area contributed by atoms with Crippen molar-refractivity contribution in [3.8, 4) is 5.75 Å². The van der Waals surface area contributed by atoms with E-state index in [-0.39, 0.29) is 28.1 Å². The average Bonchev–Trinajstić information content (AvgIpc) is 2.37. The van der Waals surface area contributed by atoms with E-state index in [1.54, 1.807) is 0 Å². The van der Waals surface area contributed by atoms with Gasteiger partial charge < -0.3 is 10.5 Å². The Kier molecular flexibility index (Phi) is 5.40. The minimum atomic E-state index is -0.563. The first-order valence-corrected chi connectivity index (χ1v) is 6.63. The van der Waals surface area contributed by atoms with Gasteiger partial charge in [0.25, 0.3) is 5.69 Å². The average molecular weight is 307 g/mol. The number of benzene rings is 1. The summed E-state index contributed by atoms with van der Waals surface area (Å²) in [5.74, 6) is 0.227. The zero-order valence-corrected chi connectivity index (χ0v) is 12.3. The molecular weight excluding hydrogens is 291 g/mol. The summed E-state index contributed by atoms with van der Waals surface area (Å²) in [6.07, 6.45) is 1.48. The highest BCUT2D eigenvalue weighted by molar-refractivity contribution is 6.37. The highest BCUT2D eigenvalue weighted by Gasteiger charge is 2.23. The van der Waals surface area contributed by atoms with E-state index in [1.165, 1.54) is 12.1 Å². The molecule has 0 radical (unpaired) electrons. The highest BCUT2D eigenvalue weighted by Crippen LogP contribution is 2.37. The Morgan fingerprint density at radius 1 is 1.32 bits per heavy atom. The van der Waals surface area contributed by atoms with Crippen LogP contribution in [-0.2, 0) is 0 Å². The maximum absolute atomic E-state index is 10.7. The van der Waals surface area contributed by atoms with Crippen molar-refractivity contribution in [2.45, 2.75) is 32.2 Å². The number of nitrogens with two attached hydrogens (primary N) is 1. The summed E-state index contributed by atoms with van der Waals surface area (Å²) in [6, 6.07) is 2.41. The van der Waals surface area contributed by atoms with Gasteiger partial charge in [0.2, 0.25) is 0 Å². The van der Waals surface area contributed by atoms with E-state index < -0.39 is 10.5 Å². The molecule has 0 heterocycles. The number of nitro groups is 1. The molecule has 0 aromatic heterocycles. The van der Waals surface area contributed by atoms with Gasteiger partial charge in [-0.25, -0.2) is 0 Å². The number of hydrogen-bond donors (Lipinski definition) is 1. The van der Waals surface area contributed by atoms with E-state index in [0.29, 0.717) is 0 Å². The SMILES string of the molecule is CCC(N)(CC)COc1c(Cl)cc([N+](=O)[O-])cc1Cl. The molecule has 0 amide bonds. The molecular formula is C12H16Cl2N2O3. The van der Waals surface area contributed by atoms with Crippen LogP contribution in [0.3, 0.4) is 0 Å². The number of halogens is 2. The maximum Gasteiger partial charge on any atom is 0.272 e. The summed E-state index contributed by atoms with van der Waals surface area (Å²) in [7, 11) is 0. The molecule has 1 rings (SSSR count). The molecule has 5 nitrogen and oxygen atoms in total. The molecule has 0 aliphatic heterocycles. The molecule has 0 saturated heterocycles. The van der Waals surface area contributed by atoms with Gasteiger partial charge in [0.15, 0.2) is 5.75 Å². The van der Waals surface area contributed by atoms with Crippen LogP contribution >= 0.6 is 23.2 Å². The topological polar surface area (TPSA) is 78.4 Å². The van der Waals surface area contributed by atoms with Crippen LogP contribution in [0.4, 0.5) is 5.69 Å². The quantitative estimate of drug-likeness (QED) is 0.640. The smallest absolute Gasteiger partial charge is 0.272 e. The van der Waals surface area contributed by atoms with E-state index >= 15 is 0 Å². The lowest BCUT2D eigenvalue weighted by Gasteiger charge is -2.26. The lowest BCUT2D eigenvalue weighted by atomic mass is 9.96. The second-order valence-electron chi connectivity index (χ2n) is 4.35. The zero-order chi connectivity index (χ0) is 14.6. The van der Waals surface area contributed by atoms with Crippen molar-refractivity contribution < 1.29 is 9.66 Å². The van der Waals surface area contributed by atoms with Crippen LogP contribution < -0.4 is 10.5 Å². The Hall–Kier alpha value is -1.04. The van der Waals surface area contributed by atoms with Gasteiger partial charge in [-0.05, 0) is 12.8 Å². The second kappa shape index (κ2) is 6.41. The van der Waals surface area contributed by atoms with Gasteiger partial charge in [-0.1, -0.05) is 37.0 Å². The maximum atomic E-state index is 10.7. The van der Waals surface area contributed by atoms with E-state index in [1.807, 2.05) is 13.8 Å². The van der Waals surface area contributed by atoms with Gasteiger partial charge in [0.1, 0.15) is 6.61 Å². The summed E-state index contributed by atoms with van der Waals surface area (Å²) >= 11 is 11.9. The summed E-state index contributed by atoms with van der Waals surface area (Å²) in [4.78, 5) is 10.1. The second-order valence-corrected chi connectivity index (χ2v) is 5.17. The third-order valence-corrected chi connectivity index (χ3v) is 3.67. The highest BCUT2D eigenvalue weighted by atomic mass is 35.5. The van der Waals surface area contributed by atoms with Crippen molar-refractivity contribution in [1.29, 1.82) is 0 Å². The van der Waals surface area contributed by atoms with Crippen LogP contribution in [0.5, 0.6) is 5.75 Å². The number of ether oxygens (including phenoxy) is 1. The summed E-state index contributed by atoms with van der Waals surface area (Å²) in [5.41, 5.74) is 5.47. The molecule has 1 aromatic carbocycles. The number of nitro benzene ring substituents is 1. The van der Waals surface area contributed by atoms with Gasteiger partial charge in [-0.2, -0.15) is 0 Å². The van der Waals surface area contributed by atoms with Crippen molar-refractivity contribution in [2.75, 3.05) is 6.61 Å². The monoisotopic (exact) mass is 306 g/mol. The molecule has 0 saturated carbocycles. The van der Waals surface area contributed by atoms with Crippen molar-refractivity contribution in [3.63, 3.8) is 0 Å². The summed E-state index contributed by atoms with van der Waals surface area (Å²) in [6.45, 7) is 4.18. The van der Waals surface area contributed by atoms with Crippen LogP contribution in [0.15, 0.2) is 12.1 Å². The fraction of sp³-hybridized carbons (Fsp3) is 0.500. The Morgan fingerprint density at radius 3 is 2.16 bits per heavy atom. The predicted molar refractivity (Wildman–Crippen MR) is 76.1 cm³/mol. The molecule has 0 bridgehead atoms. The largest absolute Gasteiger partial charge is 0.489 e. The zero-order valence-electron chi connectivity index (χ0n) is 10.8. The van der Waals surface area contributed by atoms with E-state index in [2.05, 4.69) is 0 Å². The van der Waals surface area contributed by atoms with Crippen LogP contribution in [0.2, 0.25) is 10.0 Å². The van der Waals surface area contributed by atoms with Crippen molar-refractivity contribution in [2.24, 2.45) is 5.73 Å². The number of nitrogens with zero attached hydrogens (tertiary/aromatic N) is 1. The molecule has 0 aliphatic rings. The van der Waals surface area contributed by atoms with Crippen molar-refractivity contribution >= 4 is 28.9 Å². The van der Waals surface area contributed by atoms with Gasteiger partial charge >= 0.3 is 0 Å². The van der Waals surface area contributed by atoms with Crippen molar-refractivity contribution in [3.05, 3.63) is 32.3 Å². The number of hydrogen-bond acceptors (Lipinski definition) is 4. The first-order valence-electron chi connectivity index (χ1n) is 5.88. The lowest BCUT2D eigenvalue weighted by Crippen LogP contribution is -2.44. The summed E-state index contributed by atoms with van der Waals surface area (Å²) < 4.78 is 5.54. The number of rotatable bonds is 6. The molecule has 0 aliphatic carbocycles. The van der Waals surface area contributed by atoms with Crippen LogP contribution in [0, 0.1) is 10.1 Å². The number of non-ortho nitro benzene ring substituents is 1. The molecule has 2 N–H and O–H groups in total. The van der Waals surface area contributed by atoms with Gasteiger partial charge in [-0.3, -0.25) is 10.1 Å². The molecule has 0 unspecified atom stereocenters. The van der Waals surface area contributed by atoms with Gasteiger partial charge in [0.05, 0.1) is 15.0 Å². The van der Waals surface area contributed by atoms with E-state index in [0.717, 1.165) is 12.8 Å². The fourth-order valence-electron chi connectivity index (χ4n) is 1.46. The molecule has 0 fully saturated rings. The predicted octanol–water partition coefficient (Wildman–Crippen LogP) is 3.80. The lowest BCUT2D eigenvalue weighted by molar-refractivity contribution is -0.384. The molecule has 1 aromatic rings. The Labute approximate surface area is 121 Å². The van der Waals surface area contributed by atoms with Crippen molar-refractivity contribution in [1.82, 2.24) is 0 Å². The Morgan fingerprint density at radius 2 is 1.79 bits per heavy atom. The molecule has 0 spiro atoms. The molecule has 19 heavy (non-hydrogen) atoms. The molecule has 0 atom stereocenters. The van der Waals surface area contributed by atoms with E-state index in [4.69, 9.17) is 33.7 Å². The summed E-state index contributed by atoms with van der Waals surface area (Å²) in [5, 5.41) is 10.9. The molecule has 106 valence electrons. The van der Waals surface area contributed by atoms with Crippen LogP contribution in [-0.4, -0.2) is 17.1 Å². The Bertz CT molecular complexity index is 453. The minimum absolute atomic E-state index is 0.105. The van der Waals surface area contributed by atoms with E-state index in [9.17, 15) is 10.1 Å².